The van der Waals surface area contributed by atoms with Crippen molar-refractivity contribution in [3.05, 3.63) is 35.9 Å². The molecule has 0 spiro atoms. The highest BCUT2D eigenvalue weighted by molar-refractivity contribution is 5.91. The van der Waals surface area contributed by atoms with Gasteiger partial charge in [0.2, 0.25) is 11.8 Å². The van der Waals surface area contributed by atoms with Crippen LogP contribution in [0.15, 0.2) is 30.3 Å². The fourth-order valence-corrected chi connectivity index (χ4v) is 2.79. The first-order valence-corrected chi connectivity index (χ1v) is 7.87. The molecule has 2 atom stereocenters. The topological polar surface area (TPSA) is 95.5 Å². The fourth-order valence-electron chi connectivity index (χ4n) is 2.79. The minimum Gasteiger partial charge on any atom is -0.479 e. The van der Waals surface area contributed by atoms with E-state index in [0.29, 0.717) is 5.56 Å². The van der Waals surface area contributed by atoms with Crippen molar-refractivity contribution in [3.63, 3.8) is 0 Å². The Morgan fingerprint density at radius 2 is 1.70 bits per heavy atom. The Balaban J connectivity index is 1.95. The molecular formula is C17H22N2O4. The summed E-state index contributed by atoms with van der Waals surface area (Å²) in [5.74, 6) is -1.81. The molecule has 0 saturated heterocycles. The summed E-state index contributed by atoms with van der Waals surface area (Å²) in [7, 11) is 0. The minimum absolute atomic E-state index is 0.0327. The van der Waals surface area contributed by atoms with Gasteiger partial charge in [-0.05, 0) is 25.3 Å². The monoisotopic (exact) mass is 318 g/mol. The van der Waals surface area contributed by atoms with Crippen LogP contribution in [0.4, 0.5) is 0 Å². The van der Waals surface area contributed by atoms with Gasteiger partial charge in [0.05, 0.1) is 0 Å². The Hall–Kier alpha value is -2.37. The van der Waals surface area contributed by atoms with Crippen molar-refractivity contribution in [1.82, 2.24) is 10.6 Å². The van der Waals surface area contributed by atoms with Gasteiger partial charge in [-0.15, -0.1) is 0 Å². The molecule has 0 heterocycles. The normalized spacial score (nSPS) is 17.3. The zero-order valence-corrected chi connectivity index (χ0v) is 13.1. The summed E-state index contributed by atoms with van der Waals surface area (Å²) in [5.41, 5.74) is 0.489. The molecule has 2 rings (SSSR count). The van der Waals surface area contributed by atoms with Crippen LogP contribution in [0.5, 0.6) is 0 Å². The molecule has 1 aliphatic rings. The van der Waals surface area contributed by atoms with E-state index in [-0.39, 0.29) is 11.8 Å². The first kappa shape index (κ1) is 17.0. The van der Waals surface area contributed by atoms with Gasteiger partial charge in [-0.2, -0.15) is 0 Å². The second kappa shape index (κ2) is 7.76. The van der Waals surface area contributed by atoms with Crippen molar-refractivity contribution in [1.29, 1.82) is 0 Å². The summed E-state index contributed by atoms with van der Waals surface area (Å²) in [5, 5.41) is 14.5. The molecule has 1 aromatic rings. The maximum Gasteiger partial charge on any atom is 0.330 e. The molecule has 124 valence electrons. The molecule has 1 aromatic carbocycles. The zero-order chi connectivity index (χ0) is 16.8. The number of hydrogen-bond donors (Lipinski definition) is 3. The molecule has 6 nitrogen and oxygen atoms in total. The quantitative estimate of drug-likeness (QED) is 0.743. The van der Waals surface area contributed by atoms with Crippen LogP contribution in [0, 0.1) is 5.92 Å². The Bertz CT molecular complexity index is 567. The van der Waals surface area contributed by atoms with Gasteiger partial charge >= 0.3 is 5.97 Å². The molecule has 1 unspecified atom stereocenters. The van der Waals surface area contributed by atoms with Crippen molar-refractivity contribution >= 4 is 17.8 Å². The molecule has 0 aliphatic heterocycles. The van der Waals surface area contributed by atoms with Gasteiger partial charge in [0.1, 0.15) is 6.04 Å². The third-order valence-electron chi connectivity index (χ3n) is 4.14. The van der Waals surface area contributed by atoms with Crippen LogP contribution in [-0.2, 0) is 14.4 Å². The second-order valence-corrected chi connectivity index (χ2v) is 5.90. The largest absolute Gasteiger partial charge is 0.479 e. The van der Waals surface area contributed by atoms with Gasteiger partial charge in [0.25, 0.3) is 0 Å². The molecular weight excluding hydrogens is 296 g/mol. The van der Waals surface area contributed by atoms with E-state index < -0.39 is 24.0 Å². The summed E-state index contributed by atoms with van der Waals surface area (Å²) in [6, 6.07) is 6.57. The number of aliphatic carboxylic acids is 1. The highest BCUT2D eigenvalue weighted by atomic mass is 16.4. The van der Waals surface area contributed by atoms with E-state index in [1.807, 2.05) is 0 Å². The number of amides is 2. The standard InChI is InChI=1S/C17H22N2O4/c1-11(18-16(21)13-9-5-6-10-13)15(20)19-14(17(22)23)12-7-3-2-4-8-12/h2-4,7-8,11,13-14H,5-6,9-10H2,1H3,(H,18,21)(H,19,20)(H,22,23)/t11?,14-/m1/s1. The van der Waals surface area contributed by atoms with Gasteiger partial charge in [-0.3, -0.25) is 9.59 Å². The van der Waals surface area contributed by atoms with E-state index in [1.165, 1.54) is 0 Å². The summed E-state index contributed by atoms with van der Waals surface area (Å²) >= 11 is 0. The maximum atomic E-state index is 12.2. The fraction of sp³-hybridized carbons (Fsp3) is 0.471. The number of carbonyl (C=O) groups is 3. The van der Waals surface area contributed by atoms with E-state index in [0.717, 1.165) is 25.7 Å². The van der Waals surface area contributed by atoms with Crippen molar-refractivity contribution in [2.45, 2.75) is 44.7 Å². The van der Waals surface area contributed by atoms with E-state index in [9.17, 15) is 19.5 Å². The third kappa shape index (κ3) is 4.55. The lowest BCUT2D eigenvalue weighted by Gasteiger charge is -2.20. The smallest absolute Gasteiger partial charge is 0.330 e. The Morgan fingerprint density at radius 1 is 1.09 bits per heavy atom. The average molecular weight is 318 g/mol. The first-order chi connectivity index (χ1) is 11.0. The molecule has 2 amide bonds. The molecule has 0 radical (unpaired) electrons. The number of benzene rings is 1. The number of nitrogens with one attached hydrogen (secondary N) is 2. The Labute approximate surface area is 135 Å². The van der Waals surface area contributed by atoms with Crippen LogP contribution in [0.1, 0.15) is 44.2 Å². The lowest BCUT2D eigenvalue weighted by Crippen LogP contribution is -2.48. The van der Waals surface area contributed by atoms with Gasteiger partial charge < -0.3 is 15.7 Å². The second-order valence-electron chi connectivity index (χ2n) is 5.90. The predicted molar refractivity (Wildman–Crippen MR) is 84.5 cm³/mol. The van der Waals surface area contributed by atoms with E-state index in [4.69, 9.17) is 0 Å². The van der Waals surface area contributed by atoms with Crippen LogP contribution in [0.3, 0.4) is 0 Å². The summed E-state index contributed by atoms with van der Waals surface area (Å²) < 4.78 is 0. The summed E-state index contributed by atoms with van der Waals surface area (Å²) in [6.07, 6.45) is 3.77. The first-order valence-electron chi connectivity index (χ1n) is 7.87. The van der Waals surface area contributed by atoms with Crippen molar-refractivity contribution in [2.75, 3.05) is 0 Å². The van der Waals surface area contributed by atoms with Gasteiger partial charge in [-0.25, -0.2) is 4.79 Å². The highest BCUT2D eigenvalue weighted by Gasteiger charge is 2.28. The number of carbonyl (C=O) groups excluding carboxylic acids is 2. The highest BCUT2D eigenvalue weighted by Crippen LogP contribution is 2.24. The van der Waals surface area contributed by atoms with Crippen LogP contribution < -0.4 is 10.6 Å². The summed E-state index contributed by atoms with van der Waals surface area (Å²) in [4.78, 5) is 35.6. The number of carboxylic acids is 1. The molecule has 0 bridgehead atoms. The van der Waals surface area contributed by atoms with E-state index in [1.54, 1.807) is 37.3 Å². The SMILES string of the molecule is CC(NC(=O)C1CCCC1)C(=O)N[C@@H](C(=O)O)c1ccccc1. The number of carboxylic acid groups (broad SMARTS) is 1. The molecule has 1 fully saturated rings. The molecule has 6 heteroatoms. The average Bonchev–Trinajstić information content (AvgIpc) is 3.07. The molecule has 1 aliphatic carbocycles. The Morgan fingerprint density at radius 3 is 2.26 bits per heavy atom. The van der Waals surface area contributed by atoms with Crippen LogP contribution in [0.2, 0.25) is 0 Å². The lowest BCUT2D eigenvalue weighted by molar-refractivity contribution is -0.142. The van der Waals surface area contributed by atoms with Crippen molar-refractivity contribution in [2.24, 2.45) is 5.92 Å². The van der Waals surface area contributed by atoms with Gasteiger partial charge in [0.15, 0.2) is 6.04 Å². The zero-order valence-electron chi connectivity index (χ0n) is 13.1. The number of hydrogen-bond acceptors (Lipinski definition) is 3. The molecule has 0 aromatic heterocycles. The van der Waals surface area contributed by atoms with Crippen molar-refractivity contribution in [3.8, 4) is 0 Å². The summed E-state index contributed by atoms with van der Waals surface area (Å²) in [6.45, 7) is 1.56. The number of rotatable bonds is 6. The third-order valence-corrected chi connectivity index (χ3v) is 4.14. The van der Waals surface area contributed by atoms with Crippen molar-refractivity contribution < 1.29 is 19.5 Å². The predicted octanol–water partition coefficient (Wildman–Crippen LogP) is 1.62. The van der Waals surface area contributed by atoms with Crippen LogP contribution in [-0.4, -0.2) is 28.9 Å². The molecule has 23 heavy (non-hydrogen) atoms. The van der Waals surface area contributed by atoms with E-state index in [2.05, 4.69) is 10.6 Å². The minimum atomic E-state index is -1.14. The Kier molecular flexibility index (Phi) is 5.73. The maximum absolute atomic E-state index is 12.2. The van der Waals surface area contributed by atoms with Gasteiger partial charge in [0, 0.05) is 5.92 Å². The molecule has 1 saturated carbocycles. The van der Waals surface area contributed by atoms with Gasteiger partial charge in [-0.1, -0.05) is 43.2 Å². The van der Waals surface area contributed by atoms with Crippen LogP contribution in [0.25, 0.3) is 0 Å². The molecule has 3 N–H and O–H groups in total. The lowest BCUT2D eigenvalue weighted by atomic mass is 10.1. The van der Waals surface area contributed by atoms with E-state index >= 15 is 0 Å². The van der Waals surface area contributed by atoms with Crippen LogP contribution >= 0.6 is 0 Å².